The van der Waals surface area contributed by atoms with Crippen LogP contribution in [0.3, 0.4) is 0 Å². The largest absolute Gasteiger partial charge is 0.368 e. The first-order valence-corrected chi connectivity index (χ1v) is 12.6. The molecule has 1 aromatic carbocycles. The van der Waals surface area contributed by atoms with Crippen LogP contribution in [0.5, 0.6) is 0 Å². The number of hydrogen-bond acceptors (Lipinski definition) is 6. The number of benzene rings is 1. The highest BCUT2D eigenvalue weighted by Gasteiger charge is 2.31. The molecule has 36 heavy (non-hydrogen) atoms. The Balaban J connectivity index is 1.24. The molecule has 3 heterocycles. The second-order valence-corrected chi connectivity index (χ2v) is 9.30. The second-order valence-electron chi connectivity index (χ2n) is 9.30. The zero-order chi connectivity index (χ0) is 24.7. The molecule has 2 amide bonds. The normalized spacial score (nSPS) is 18.4. The van der Waals surface area contributed by atoms with Gasteiger partial charge >= 0.3 is 0 Å². The van der Waals surface area contributed by atoms with E-state index in [9.17, 15) is 9.59 Å². The van der Waals surface area contributed by atoms with Gasteiger partial charge in [-0.05, 0) is 49.2 Å². The third-order valence-electron chi connectivity index (χ3n) is 6.74. The highest BCUT2D eigenvalue weighted by Crippen LogP contribution is 2.29. The predicted octanol–water partition coefficient (Wildman–Crippen LogP) is 4.95. The van der Waals surface area contributed by atoms with Crippen molar-refractivity contribution >= 4 is 29.1 Å². The SMILES string of the molecule is O=C(Nc1ccccc1)c1ccnc(Nc2cccc(C3CN(C(=O)C4CCCCC4)CCO3)n2)c1. The van der Waals surface area contributed by atoms with E-state index in [-0.39, 0.29) is 23.8 Å². The van der Waals surface area contributed by atoms with Gasteiger partial charge in [-0.3, -0.25) is 9.59 Å². The topological polar surface area (TPSA) is 96.5 Å². The van der Waals surface area contributed by atoms with Crippen molar-refractivity contribution < 1.29 is 14.3 Å². The van der Waals surface area contributed by atoms with Gasteiger partial charge in [-0.2, -0.15) is 0 Å². The molecule has 8 heteroatoms. The molecule has 1 atom stereocenters. The number of para-hydroxylation sites is 1. The number of nitrogens with one attached hydrogen (secondary N) is 2. The first kappa shape index (κ1) is 23.9. The molecule has 2 aromatic heterocycles. The minimum absolute atomic E-state index is 0.149. The van der Waals surface area contributed by atoms with Crippen LogP contribution in [-0.2, 0) is 9.53 Å². The molecular formula is C28H31N5O3. The maximum atomic E-state index is 13.0. The maximum absolute atomic E-state index is 13.0. The Morgan fingerprint density at radius 1 is 0.944 bits per heavy atom. The highest BCUT2D eigenvalue weighted by molar-refractivity contribution is 6.04. The van der Waals surface area contributed by atoms with E-state index in [1.165, 1.54) is 6.42 Å². The molecule has 0 radical (unpaired) electrons. The summed E-state index contributed by atoms with van der Waals surface area (Å²) in [6.45, 7) is 1.65. The van der Waals surface area contributed by atoms with Crippen molar-refractivity contribution in [3.8, 4) is 0 Å². The lowest BCUT2D eigenvalue weighted by atomic mass is 9.88. The number of morpholine rings is 1. The van der Waals surface area contributed by atoms with Gasteiger partial charge in [0.15, 0.2) is 0 Å². The zero-order valence-corrected chi connectivity index (χ0v) is 20.2. The van der Waals surface area contributed by atoms with Crippen LogP contribution in [0.15, 0.2) is 66.9 Å². The molecule has 1 aliphatic carbocycles. The molecule has 186 valence electrons. The van der Waals surface area contributed by atoms with Crippen molar-refractivity contribution in [3.63, 3.8) is 0 Å². The Morgan fingerprint density at radius 2 is 1.78 bits per heavy atom. The van der Waals surface area contributed by atoms with Crippen LogP contribution in [0.25, 0.3) is 0 Å². The average molecular weight is 486 g/mol. The molecule has 0 spiro atoms. The molecule has 1 aliphatic heterocycles. The van der Waals surface area contributed by atoms with E-state index in [4.69, 9.17) is 9.72 Å². The van der Waals surface area contributed by atoms with Crippen molar-refractivity contribution in [1.29, 1.82) is 0 Å². The number of nitrogens with zero attached hydrogens (tertiary/aromatic N) is 3. The van der Waals surface area contributed by atoms with Gasteiger partial charge in [0, 0.05) is 29.9 Å². The minimum atomic E-state index is -0.274. The molecular weight excluding hydrogens is 454 g/mol. The van der Waals surface area contributed by atoms with Crippen molar-refractivity contribution in [2.45, 2.75) is 38.2 Å². The fraction of sp³-hybridized carbons (Fsp3) is 0.357. The third-order valence-corrected chi connectivity index (χ3v) is 6.74. The summed E-state index contributed by atoms with van der Waals surface area (Å²) in [7, 11) is 0. The number of anilines is 3. The summed E-state index contributed by atoms with van der Waals surface area (Å²) < 4.78 is 5.99. The van der Waals surface area contributed by atoms with Crippen LogP contribution in [0, 0.1) is 5.92 Å². The number of aromatic nitrogens is 2. The van der Waals surface area contributed by atoms with Gasteiger partial charge < -0.3 is 20.3 Å². The first-order valence-electron chi connectivity index (χ1n) is 12.6. The summed E-state index contributed by atoms with van der Waals surface area (Å²) in [5, 5.41) is 6.07. The van der Waals surface area contributed by atoms with E-state index in [1.54, 1.807) is 18.3 Å². The molecule has 1 unspecified atom stereocenters. The summed E-state index contributed by atoms with van der Waals surface area (Å²) in [4.78, 5) is 36.7. The molecule has 2 aliphatic rings. The van der Waals surface area contributed by atoms with Crippen LogP contribution in [0.2, 0.25) is 0 Å². The van der Waals surface area contributed by atoms with Crippen molar-refractivity contribution in [3.05, 3.63) is 78.1 Å². The molecule has 2 fully saturated rings. The molecule has 8 nitrogen and oxygen atoms in total. The van der Waals surface area contributed by atoms with Gasteiger partial charge in [-0.15, -0.1) is 0 Å². The van der Waals surface area contributed by atoms with E-state index < -0.39 is 0 Å². The van der Waals surface area contributed by atoms with Crippen molar-refractivity contribution in [2.75, 3.05) is 30.3 Å². The summed E-state index contributed by atoms with van der Waals surface area (Å²) in [5.74, 6) is 1.30. The minimum Gasteiger partial charge on any atom is -0.368 e. The van der Waals surface area contributed by atoms with Crippen molar-refractivity contribution in [2.24, 2.45) is 5.92 Å². The molecule has 5 rings (SSSR count). The van der Waals surface area contributed by atoms with Gasteiger partial charge in [0.05, 0.1) is 18.8 Å². The van der Waals surface area contributed by atoms with E-state index in [1.807, 2.05) is 53.4 Å². The third kappa shape index (κ3) is 5.88. The van der Waals surface area contributed by atoms with Gasteiger partial charge in [0.2, 0.25) is 5.91 Å². The smallest absolute Gasteiger partial charge is 0.255 e. The van der Waals surface area contributed by atoms with Gasteiger partial charge in [-0.25, -0.2) is 9.97 Å². The average Bonchev–Trinajstić information content (AvgIpc) is 2.94. The Morgan fingerprint density at radius 3 is 2.61 bits per heavy atom. The lowest BCUT2D eigenvalue weighted by Gasteiger charge is -2.35. The zero-order valence-electron chi connectivity index (χ0n) is 20.2. The number of carbonyl (C=O) groups is 2. The highest BCUT2D eigenvalue weighted by atomic mass is 16.5. The van der Waals surface area contributed by atoms with Crippen LogP contribution in [0.1, 0.15) is 54.3 Å². The fourth-order valence-electron chi connectivity index (χ4n) is 4.83. The van der Waals surface area contributed by atoms with E-state index >= 15 is 0 Å². The summed E-state index contributed by atoms with van der Waals surface area (Å²) in [5.41, 5.74) is 1.98. The molecule has 1 saturated heterocycles. The molecule has 0 bridgehead atoms. The molecule has 2 N–H and O–H groups in total. The first-order chi connectivity index (χ1) is 17.7. The predicted molar refractivity (Wildman–Crippen MR) is 138 cm³/mol. The fourth-order valence-corrected chi connectivity index (χ4v) is 4.83. The van der Waals surface area contributed by atoms with E-state index in [0.29, 0.717) is 36.9 Å². The number of rotatable bonds is 6. The van der Waals surface area contributed by atoms with Gasteiger partial charge in [-0.1, -0.05) is 43.5 Å². The van der Waals surface area contributed by atoms with Crippen LogP contribution in [0.4, 0.5) is 17.3 Å². The standard InChI is InChI=1S/C28H31N5O3/c34-27(30-22-10-5-2-6-11-22)21-14-15-29-26(18-21)32-25-13-7-12-23(31-25)24-19-33(16-17-36-24)28(35)20-8-3-1-4-9-20/h2,5-7,10-15,18,20,24H,1,3-4,8-9,16-17,19H2,(H,30,34)(H,29,31,32). The quantitative estimate of drug-likeness (QED) is 0.513. The summed E-state index contributed by atoms with van der Waals surface area (Å²) in [6, 6.07) is 18.3. The number of carbonyl (C=O) groups excluding carboxylic acids is 2. The maximum Gasteiger partial charge on any atom is 0.255 e. The molecule has 3 aromatic rings. The number of pyridine rings is 2. The number of hydrogen-bond donors (Lipinski definition) is 2. The lowest BCUT2D eigenvalue weighted by molar-refractivity contribution is -0.144. The lowest BCUT2D eigenvalue weighted by Crippen LogP contribution is -2.45. The van der Waals surface area contributed by atoms with Gasteiger partial charge in [0.25, 0.3) is 5.91 Å². The summed E-state index contributed by atoms with van der Waals surface area (Å²) >= 11 is 0. The Labute approximate surface area is 211 Å². The number of ether oxygens (including phenoxy) is 1. The Hall–Kier alpha value is -3.78. The van der Waals surface area contributed by atoms with Gasteiger partial charge in [0.1, 0.15) is 17.7 Å². The van der Waals surface area contributed by atoms with Crippen LogP contribution >= 0.6 is 0 Å². The Kier molecular flexibility index (Phi) is 7.52. The summed E-state index contributed by atoms with van der Waals surface area (Å²) in [6.07, 6.45) is 6.82. The van der Waals surface area contributed by atoms with Crippen LogP contribution < -0.4 is 10.6 Å². The monoisotopic (exact) mass is 485 g/mol. The second kappa shape index (κ2) is 11.3. The molecule has 1 saturated carbocycles. The number of amides is 2. The van der Waals surface area contributed by atoms with Crippen molar-refractivity contribution in [1.82, 2.24) is 14.9 Å². The van der Waals surface area contributed by atoms with Crippen LogP contribution in [-0.4, -0.2) is 46.4 Å². The Bertz CT molecular complexity index is 1200. The van der Waals surface area contributed by atoms with E-state index in [2.05, 4.69) is 15.6 Å². The van der Waals surface area contributed by atoms with E-state index in [0.717, 1.165) is 37.1 Å².